The van der Waals surface area contributed by atoms with Crippen LogP contribution in [-0.2, 0) is 19.1 Å². The molecule has 30 heavy (non-hydrogen) atoms. The molecular formula is C26H40O4. The zero-order valence-electron chi connectivity index (χ0n) is 19.6. The number of hydrogen-bond donors (Lipinski definition) is 0. The maximum atomic E-state index is 12.9. The zero-order valence-corrected chi connectivity index (χ0v) is 19.6. The fraction of sp³-hybridized carbons (Fsp3) is 0.769. The van der Waals surface area contributed by atoms with Gasteiger partial charge in [0.2, 0.25) is 0 Å². The van der Waals surface area contributed by atoms with Crippen LogP contribution in [0.5, 0.6) is 0 Å². The minimum absolute atomic E-state index is 0.0409. The molecule has 0 heterocycles. The molecule has 3 unspecified atom stereocenters. The molecule has 1 fully saturated rings. The molecule has 0 spiro atoms. The molecule has 3 aliphatic carbocycles. The van der Waals surface area contributed by atoms with Gasteiger partial charge >= 0.3 is 11.9 Å². The smallest absolute Gasteiger partial charge is 0.311 e. The topological polar surface area (TPSA) is 52.6 Å². The molecule has 0 aromatic heterocycles. The molecule has 0 aliphatic heterocycles. The van der Waals surface area contributed by atoms with Gasteiger partial charge in [-0.3, -0.25) is 9.59 Å². The third kappa shape index (κ3) is 5.18. The third-order valence-corrected chi connectivity index (χ3v) is 7.89. The van der Waals surface area contributed by atoms with Crippen molar-refractivity contribution >= 4 is 11.9 Å². The number of rotatable bonds is 8. The molecule has 0 aromatic rings. The van der Waals surface area contributed by atoms with E-state index in [1.165, 1.54) is 12.7 Å². The maximum absolute atomic E-state index is 12.9. The highest BCUT2D eigenvalue weighted by Crippen LogP contribution is 2.49. The first kappa shape index (κ1) is 23.1. The van der Waals surface area contributed by atoms with Gasteiger partial charge < -0.3 is 9.47 Å². The van der Waals surface area contributed by atoms with Crippen molar-refractivity contribution in [1.29, 1.82) is 0 Å². The first-order valence-corrected chi connectivity index (χ1v) is 11.8. The van der Waals surface area contributed by atoms with Crippen LogP contribution in [0.3, 0.4) is 0 Å². The molecular weight excluding hydrogens is 376 g/mol. The Morgan fingerprint density at radius 2 is 1.87 bits per heavy atom. The van der Waals surface area contributed by atoms with E-state index < -0.39 is 5.41 Å². The van der Waals surface area contributed by atoms with Crippen LogP contribution < -0.4 is 0 Å². The number of ether oxygens (including phenoxy) is 2. The van der Waals surface area contributed by atoms with Crippen LogP contribution in [0.4, 0.5) is 0 Å². The quantitative estimate of drug-likeness (QED) is 0.475. The minimum Gasteiger partial charge on any atom is -0.469 e. The summed E-state index contributed by atoms with van der Waals surface area (Å²) in [5.74, 6) is 2.64. The molecule has 4 nitrogen and oxygen atoms in total. The minimum atomic E-state index is -0.439. The molecule has 0 amide bonds. The molecule has 1 saturated carbocycles. The normalized spacial score (nSPS) is 35.3. The van der Waals surface area contributed by atoms with Crippen molar-refractivity contribution in [2.24, 2.45) is 40.9 Å². The van der Waals surface area contributed by atoms with E-state index in [0.717, 1.165) is 32.1 Å². The van der Waals surface area contributed by atoms with Crippen LogP contribution in [0.1, 0.15) is 73.1 Å². The summed E-state index contributed by atoms with van der Waals surface area (Å²) in [6, 6.07) is 0. The van der Waals surface area contributed by atoms with Crippen molar-refractivity contribution < 1.29 is 19.1 Å². The summed E-state index contributed by atoms with van der Waals surface area (Å²) >= 11 is 0. The fourth-order valence-corrected chi connectivity index (χ4v) is 5.28. The molecule has 168 valence electrons. The van der Waals surface area contributed by atoms with Gasteiger partial charge in [0.05, 0.1) is 12.5 Å². The van der Waals surface area contributed by atoms with E-state index in [1.807, 2.05) is 20.8 Å². The number of esters is 2. The van der Waals surface area contributed by atoms with Gasteiger partial charge in [-0.1, -0.05) is 39.0 Å². The van der Waals surface area contributed by atoms with E-state index in [-0.39, 0.29) is 24.0 Å². The molecule has 3 rings (SSSR count). The average molecular weight is 417 g/mol. The SMILES string of the molecule is CCC(C)(C)C(=O)O[C@H]1C[C@@H](C)C=C2C=C[C@H](C)[C@H](CCC3CC3CC(=O)OC)C21. The number of fused-ring (bicyclic) bond motifs is 1. The Bertz CT molecular complexity index is 704. The van der Waals surface area contributed by atoms with Gasteiger partial charge in [-0.2, -0.15) is 0 Å². The van der Waals surface area contributed by atoms with E-state index in [9.17, 15) is 9.59 Å². The van der Waals surface area contributed by atoms with Gasteiger partial charge in [-0.15, -0.1) is 0 Å². The Morgan fingerprint density at radius 1 is 1.13 bits per heavy atom. The number of allylic oxidation sites excluding steroid dienone is 3. The number of methoxy groups -OCH3 is 1. The summed E-state index contributed by atoms with van der Waals surface area (Å²) in [6.45, 7) is 10.5. The lowest BCUT2D eigenvalue weighted by atomic mass is 9.65. The van der Waals surface area contributed by atoms with Gasteiger partial charge in [0.1, 0.15) is 6.10 Å². The summed E-state index contributed by atoms with van der Waals surface area (Å²) in [7, 11) is 1.47. The van der Waals surface area contributed by atoms with Gasteiger partial charge in [-0.25, -0.2) is 0 Å². The van der Waals surface area contributed by atoms with Crippen molar-refractivity contribution in [3.05, 3.63) is 23.8 Å². The average Bonchev–Trinajstić information content (AvgIpc) is 3.44. The Hall–Kier alpha value is -1.58. The van der Waals surface area contributed by atoms with Crippen molar-refractivity contribution in [3.63, 3.8) is 0 Å². The highest BCUT2D eigenvalue weighted by Gasteiger charge is 2.44. The van der Waals surface area contributed by atoms with Gasteiger partial charge in [0, 0.05) is 12.3 Å². The van der Waals surface area contributed by atoms with E-state index in [0.29, 0.717) is 36.0 Å². The largest absolute Gasteiger partial charge is 0.469 e. The number of carbonyl (C=O) groups excluding carboxylic acids is 2. The summed E-state index contributed by atoms with van der Waals surface area (Å²) in [4.78, 5) is 24.4. The van der Waals surface area contributed by atoms with Gasteiger partial charge in [0.25, 0.3) is 0 Å². The van der Waals surface area contributed by atoms with Crippen LogP contribution in [0.15, 0.2) is 23.8 Å². The van der Waals surface area contributed by atoms with Crippen molar-refractivity contribution in [1.82, 2.24) is 0 Å². The monoisotopic (exact) mass is 416 g/mol. The lowest BCUT2D eigenvalue weighted by molar-refractivity contribution is -0.164. The van der Waals surface area contributed by atoms with E-state index in [1.54, 1.807) is 0 Å². The highest BCUT2D eigenvalue weighted by atomic mass is 16.5. The molecule has 0 bridgehead atoms. The summed E-state index contributed by atoms with van der Waals surface area (Å²) < 4.78 is 11.0. The van der Waals surface area contributed by atoms with Crippen molar-refractivity contribution in [2.45, 2.75) is 79.2 Å². The fourth-order valence-electron chi connectivity index (χ4n) is 5.28. The second kappa shape index (κ2) is 9.28. The van der Waals surface area contributed by atoms with E-state index in [4.69, 9.17) is 9.47 Å². The first-order chi connectivity index (χ1) is 14.2. The molecule has 3 aliphatic rings. The Kier molecular flexibility index (Phi) is 7.14. The van der Waals surface area contributed by atoms with Gasteiger partial charge in [0.15, 0.2) is 0 Å². The van der Waals surface area contributed by atoms with E-state index >= 15 is 0 Å². The van der Waals surface area contributed by atoms with Gasteiger partial charge in [-0.05, 0) is 81.1 Å². The zero-order chi connectivity index (χ0) is 22.1. The van der Waals surface area contributed by atoms with Crippen molar-refractivity contribution in [2.75, 3.05) is 7.11 Å². The van der Waals surface area contributed by atoms with Crippen LogP contribution in [0.2, 0.25) is 0 Å². The van der Waals surface area contributed by atoms with Crippen LogP contribution in [0, 0.1) is 40.9 Å². The molecule has 0 radical (unpaired) electrons. The number of carbonyl (C=O) groups is 2. The van der Waals surface area contributed by atoms with Crippen LogP contribution >= 0.6 is 0 Å². The third-order valence-electron chi connectivity index (χ3n) is 7.89. The second-order valence-corrected chi connectivity index (χ2v) is 10.6. The molecule has 0 saturated heterocycles. The molecule has 0 N–H and O–H groups in total. The second-order valence-electron chi connectivity index (χ2n) is 10.6. The first-order valence-electron chi connectivity index (χ1n) is 11.8. The summed E-state index contributed by atoms with van der Waals surface area (Å²) in [5, 5.41) is 0. The Morgan fingerprint density at radius 3 is 2.53 bits per heavy atom. The predicted octanol–water partition coefficient (Wildman–Crippen LogP) is 5.72. The van der Waals surface area contributed by atoms with Crippen LogP contribution in [0.25, 0.3) is 0 Å². The summed E-state index contributed by atoms with van der Waals surface area (Å²) in [6.07, 6.45) is 12.6. The van der Waals surface area contributed by atoms with Crippen molar-refractivity contribution in [3.8, 4) is 0 Å². The number of hydrogen-bond acceptors (Lipinski definition) is 4. The highest BCUT2D eigenvalue weighted by molar-refractivity contribution is 5.76. The Labute approximate surface area is 182 Å². The lowest BCUT2D eigenvalue weighted by Crippen LogP contribution is -2.42. The maximum Gasteiger partial charge on any atom is 0.311 e. The van der Waals surface area contributed by atoms with Crippen LogP contribution in [-0.4, -0.2) is 25.2 Å². The standard InChI is InChI=1S/C26H40O4/c1-7-26(4,5)25(28)30-22-13-16(2)12-19-9-8-17(3)21(24(19)22)11-10-18-14-20(18)15-23(27)29-6/h8-9,12,16-18,20-22,24H,7,10-11,13-15H2,1-6H3/t16-,17-,18?,20?,21-,22-,24?/m0/s1. The van der Waals surface area contributed by atoms with E-state index in [2.05, 4.69) is 32.1 Å². The molecule has 0 aromatic carbocycles. The lowest BCUT2D eigenvalue weighted by Gasteiger charge is -2.43. The molecule has 4 heteroatoms. The predicted molar refractivity (Wildman–Crippen MR) is 119 cm³/mol. The molecule has 7 atom stereocenters. The summed E-state index contributed by atoms with van der Waals surface area (Å²) in [5.41, 5.74) is 0.913. The Balaban J connectivity index is 1.69.